The highest BCUT2D eigenvalue weighted by molar-refractivity contribution is 5.85. The second-order valence-electron chi connectivity index (χ2n) is 4.30. The maximum absolute atomic E-state index is 11.8. The molecule has 0 unspecified atom stereocenters. The van der Waals surface area contributed by atoms with E-state index in [4.69, 9.17) is 0 Å². The fourth-order valence-corrected chi connectivity index (χ4v) is 2.01. The predicted molar refractivity (Wildman–Crippen MR) is 51.4 cm³/mol. The van der Waals surface area contributed by atoms with Crippen LogP contribution in [0.3, 0.4) is 0 Å². The van der Waals surface area contributed by atoms with Gasteiger partial charge in [-0.25, -0.2) is 0 Å². The summed E-state index contributed by atoms with van der Waals surface area (Å²) in [5, 5.41) is 6.38. The Balaban J connectivity index is 1.84. The lowest BCUT2D eigenvalue weighted by Crippen LogP contribution is -2.40. The van der Waals surface area contributed by atoms with Crippen LogP contribution in [0, 0.1) is 5.41 Å². The van der Waals surface area contributed by atoms with Crippen LogP contribution < -0.4 is 10.6 Å². The fraction of sp³-hybridized carbons (Fsp3) is 0.900. The van der Waals surface area contributed by atoms with E-state index in [0.29, 0.717) is 11.9 Å². The standard InChI is InChI=1S/C10H18N2O/c1-2-10(4-5-10)9(13)12-8-3-6-11-7-8/h8,11H,2-7H2,1H3,(H,12,13)/t8-/m1/s1. The third-order valence-corrected chi connectivity index (χ3v) is 3.41. The fourth-order valence-electron chi connectivity index (χ4n) is 2.01. The third-order valence-electron chi connectivity index (χ3n) is 3.41. The number of nitrogens with one attached hydrogen (secondary N) is 2. The summed E-state index contributed by atoms with van der Waals surface area (Å²) in [7, 11) is 0. The first-order valence-corrected chi connectivity index (χ1v) is 5.28. The van der Waals surface area contributed by atoms with E-state index in [1.807, 2.05) is 0 Å². The molecule has 0 spiro atoms. The number of carbonyl (C=O) groups excluding carboxylic acids is 1. The minimum atomic E-state index is 0.0303. The van der Waals surface area contributed by atoms with Gasteiger partial charge in [0.2, 0.25) is 5.91 Å². The zero-order valence-electron chi connectivity index (χ0n) is 8.23. The van der Waals surface area contributed by atoms with Gasteiger partial charge >= 0.3 is 0 Å². The zero-order valence-corrected chi connectivity index (χ0v) is 8.23. The molecule has 3 nitrogen and oxygen atoms in total. The second-order valence-corrected chi connectivity index (χ2v) is 4.30. The van der Waals surface area contributed by atoms with Crippen molar-refractivity contribution in [2.24, 2.45) is 5.41 Å². The topological polar surface area (TPSA) is 41.1 Å². The third kappa shape index (κ3) is 1.70. The molecule has 0 aromatic rings. The van der Waals surface area contributed by atoms with Crippen LogP contribution >= 0.6 is 0 Å². The zero-order chi connectivity index (χ0) is 9.31. The molecule has 0 bridgehead atoms. The number of hydrogen-bond acceptors (Lipinski definition) is 2. The van der Waals surface area contributed by atoms with Gasteiger partial charge in [-0.3, -0.25) is 4.79 Å². The Morgan fingerprint density at radius 2 is 2.38 bits per heavy atom. The summed E-state index contributed by atoms with van der Waals surface area (Å²) in [6.45, 7) is 4.11. The van der Waals surface area contributed by atoms with Crippen LogP contribution in [0.25, 0.3) is 0 Å². The molecule has 2 fully saturated rings. The minimum absolute atomic E-state index is 0.0303. The summed E-state index contributed by atoms with van der Waals surface area (Å²) in [4.78, 5) is 11.8. The molecular weight excluding hydrogens is 164 g/mol. The quantitative estimate of drug-likeness (QED) is 0.673. The highest BCUT2D eigenvalue weighted by Gasteiger charge is 2.48. The molecule has 0 radical (unpaired) electrons. The molecule has 2 rings (SSSR count). The van der Waals surface area contributed by atoms with Crippen molar-refractivity contribution < 1.29 is 4.79 Å². The van der Waals surface area contributed by atoms with Crippen molar-refractivity contribution in [3.8, 4) is 0 Å². The summed E-state index contributed by atoms with van der Waals surface area (Å²) in [5.74, 6) is 0.295. The molecule has 1 aliphatic heterocycles. The van der Waals surface area contributed by atoms with Gasteiger partial charge in [0.25, 0.3) is 0 Å². The summed E-state index contributed by atoms with van der Waals surface area (Å²) in [6, 6.07) is 0.386. The molecule has 1 saturated heterocycles. The van der Waals surface area contributed by atoms with Crippen LogP contribution in [-0.2, 0) is 4.79 Å². The van der Waals surface area contributed by atoms with E-state index in [1.54, 1.807) is 0 Å². The van der Waals surface area contributed by atoms with Gasteiger partial charge in [-0.2, -0.15) is 0 Å². The number of carbonyl (C=O) groups is 1. The summed E-state index contributed by atoms with van der Waals surface area (Å²) < 4.78 is 0. The summed E-state index contributed by atoms with van der Waals surface area (Å²) in [6.07, 6.45) is 4.27. The average molecular weight is 182 g/mol. The average Bonchev–Trinajstić information content (AvgIpc) is 2.79. The molecule has 13 heavy (non-hydrogen) atoms. The van der Waals surface area contributed by atoms with Gasteiger partial charge in [0.15, 0.2) is 0 Å². The van der Waals surface area contributed by atoms with Crippen molar-refractivity contribution in [3.05, 3.63) is 0 Å². The highest BCUT2D eigenvalue weighted by Crippen LogP contribution is 2.48. The van der Waals surface area contributed by atoms with E-state index >= 15 is 0 Å². The van der Waals surface area contributed by atoms with Crippen LogP contribution in [0.1, 0.15) is 32.6 Å². The Morgan fingerprint density at radius 3 is 2.85 bits per heavy atom. The Kier molecular flexibility index (Phi) is 2.28. The van der Waals surface area contributed by atoms with E-state index < -0.39 is 0 Å². The van der Waals surface area contributed by atoms with E-state index in [0.717, 1.165) is 38.8 Å². The molecule has 0 aromatic heterocycles. The van der Waals surface area contributed by atoms with Crippen molar-refractivity contribution in [2.75, 3.05) is 13.1 Å². The van der Waals surface area contributed by atoms with Crippen LogP contribution in [0.15, 0.2) is 0 Å². The van der Waals surface area contributed by atoms with Gasteiger partial charge in [-0.15, -0.1) is 0 Å². The van der Waals surface area contributed by atoms with Crippen LogP contribution in [0.4, 0.5) is 0 Å². The highest BCUT2D eigenvalue weighted by atomic mass is 16.2. The summed E-state index contributed by atoms with van der Waals surface area (Å²) >= 11 is 0. The first-order chi connectivity index (χ1) is 6.27. The minimum Gasteiger partial charge on any atom is -0.352 e. The Bertz CT molecular complexity index is 205. The first kappa shape index (κ1) is 9.00. The van der Waals surface area contributed by atoms with E-state index in [2.05, 4.69) is 17.6 Å². The number of hydrogen-bond donors (Lipinski definition) is 2. The first-order valence-electron chi connectivity index (χ1n) is 5.28. The van der Waals surface area contributed by atoms with Crippen LogP contribution in [0.5, 0.6) is 0 Å². The monoisotopic (exact) mass is 182 g/mol. The second kappa shape index (κ2) is 3.29. The molecule has 1 aliphatic carbocycles. The maximum atomic E-state index is 11.8. The van der Waals surface area contributed by atoms with Gasteiger partial charge in [0.1, 0.15) is 0 Å². The SMILES string of the molecule is CCC1(C(=O)N[C@@H]2CCNC2)CC1. The van der Waals surface area contributed by atoms with Gasteiger partial charge in [-0.1, -0.05) is 6.92 Å². The van der Waals surface area contributed by atoms with Gasteiger partial charge in [-0.05, 0) is 32.2 Å². The Labute approximate surface area is 79.3 Å². The predicted octanol–water partition coefficient (Wildman–Crippen LogP) is 0.655. The van der Waals surface area contributed by atoms with E-state index in [-0.39, 0.29) is 5.41 Å². The lowest BCUT2D eigenvalue weighted by Gasteiger charge is -2.16. The molecular formula is C10H18N2O. The molecule has 1 heterocycles. The lowest BCUT2D eigenvalue weighted by atomic mass is 10.0. The normalized spacial score (nSPS) is 30.1. The van der Waals surface area contributed by atoms with E-state index in [1.165, 1.54) is 0 Å². The van der Waals surface area contributed by atoms with Crippen molar-refractivity contribution in [2.45, 2.75) is 38.6 Å². The smallest absolute Gasteiger partial charge is 0.226 e. The van der Waals surface area contributed by atoms with Crippen molar-refractivity contribution in [1.82, 2.24) is 10.6 Å². The number of rotatable bonds is 3. The van der Waals surface area contributed by atoms with Crippen LogP contribution in [0.2, 0.25) is 0 Å². The van der Waals surface area contributed by atoms with Crippen LogP contribution in [-0.4, -0.2) is 25.0 Å². The maximum Gasteiger partial charge on any atom is 0.226 e. The largest absolute Gasteiger partial charge is 0.352 e. The van der Waals surface area contributed by atoms with Crippen molar-refractivity contribution >= 4 is 5.91 Å². The molecule has 0 aromatic carbocycles. The van der Waals surface area contributed by atoms with Gasteiger partial charge in [0.05, 0.1) is 0 Å². The van der Waals surface area contributed by atoms with Gasteiger partial charge < -0.3 is 10.6 Å². The van der Waals surface area contributed by atoms with Crippen molar-refractivity contribution in [3.63, 3.8) is 0 Å². The molecule has 1 atom stereocenters. The van der Waals surface area contributed by atoms with E-state index in [9.17, 15) is 4.79 Å². The molecule has 74 valence electrons. The molecule has 1 amide bonds. The van der Waals surface area contributed by atoms with Gasteiger partial charge in [0, 0.05) is 18.0 Å². The van der Waals surface area contributed by atoms with Crippen molar-refractivity contribution in [1.29, 1.82) is 0 Å². The Morgan fingerprint density at radius 1 is 1.62 bits per heavy atom. The Hall–Kier alpha value is -0.570. The summed E-state index contributed by atoms with van der Waals surface area (Å²) in [5.41, 5.74) is 0.0303. The molecule has 2 aliphatic rings. The molecule has 1 saturated carbocycles. The number of amides is 1. The molecule has 2 N–H and O–H groups in total. The lowest BCUT2D eigenvalue weighted by molar-refractivity contribution is -0.127. The molecule has 3 heteroatoms.